The standard InChI is InChI=1S/C24H24FN5O2/c1-30-7-6-18-21(30)19(9-15-12-2-4-13(5-3-12)20(15)24(31)32)29-23(28-18)17-11-27-22-16(17)8-14(25)10-26-22/h6-8,10-13,15,20H,2-5,9H2,1H3,(H,26,27)(H,31,32). The lowest BCUT2D eigenvalue weighted by Crippen LogP contribution is -2.45. The van der Waals surface area contributed by atoms with Crippen molar-refractivity contribution in [2.45, 2.75) is 32.1 Å². The molecule has 2 unspecified atom stereocenters. The van der Waals surface area contributed by atoms with Gasteiger partial charge >= 0.3 is 5.97 Å². The van der Waals surface area contributed by atoms with Crippen molar-refractivity contribution in [3.05, 3.63) is 42.2 Å². The van der Waals surface area contributed by atoms with Gasteiger partial charge in [0.1, 0.15) is 11.5 Å². The highest BCUT2D eigenvalue weighted by molar-refractivity contribution is 5.93. The van der Waals surface area contributed by atoms with Gasteiger partial charge in [0.05, 0.1) is 28.8 Å². The number of rotatable bonds is 4. The summed E-state index contributed by atoms with van der Waals surface area (Å²) < 4.78 is 15.9. The third kappa shape index (κ3) is 2.92. The molecule has 0 aromatic carbocycles. The molecule has 7 rings (SSSR count). The topological polar surface area (TPSA) is 96.7 Å². The quantitative estimate of drug-likeness (QED) is 0.499. The number of aliphatic carboxylic acids is 1. The van der Waals surface area contributed by atoms with Crippen LogP contribution in [0.2, 0.25) is 0 Å². The second kappa shape index (κ2) is 7.12. The van der Waals surface area contributed by atoms with Crippen LogP contribution >= 0.6 is 0 Å². The molecule has 3 aliphatic rings. The Kier molecular flexibility index (Phi) is 4.31. The zero-order valence-corrected chi connectivity index (χ0v) is 17.8. The summed E-state index contributed by atoms with van der Waals surface area (Å²) in [5.41, 5.74) is 3.87. The van der Waals surface area contributed by atoms with Gasteiger partial charge < -0.3 is 14.7 Å². The maximum atomic E-state index is 13.9. The molecule has 0 radical (unpaired) electrons. The maximum Gasteiger partial charge on any atom is 0.307 e. The van der Waals surface area contributed by atoms with Gasteiger partial charge in [-0.05, 0) is 62.0 Å². The summed E-state index contributed by atoms with van der Waals surface area (Å²) in [6.07, 6.45) is 9.72. The number of fused-ring (bicyclic) bond motifs is 5. The first kappa shape index (κ1) is 19.4. The van der Waals surface area contributed by atoms with E-state index < -0.39 is 11.8 Å². The van der Waals surface area contributed by atoms with Gasteiger partial charge in [0.25, 0.3) is 0 Å². The van der Waals surface area contributed by atoms with Crippen LogP contribution < -0.4 is 0 Å². The molecular formula is C24H24FN5O2. The molecule has 8 heteroatoms. The Morgan fingerprint density at radius 3 is 2.81 bits per heavy atom. The third-order valence-electron chi connectivity index (χ3n) is 7.64. The van der Waals surface area contributed by atoms with E-state index in [1.807, 2.05) is 23.9 Å². The highest BCUT2D eigenvalue weighted by atomic mass is 19.1. The number of carbonyl (C=O) groups is 1. The van der Waals surface area contributed by atoms with Crippen molar-refractivity contribution in [1.82, 2.24) is 24.5 Å². The minimum absolute atomic E-state index is 0.0722. The number of pyridine rings is 1. The largest absolute Gasteiger partial charge is 0.481 e. The average Bonchev–Trinajstić information content (AvgIpc) is 3.37. The van der Waals surface area contributed by atoms with Crippen LogP contribution in [0.5, 0.6) is 0 Å². The summed E-state index contributed by atoms with van der Waals surface area (Å²) in [5.74, 6) is -0.158. The van der Waals surface area contributed by atoms with Gasteiger partial charge in [-0.2, -0.15) is 0 Å². The molecule has 3 fully saturated rings. The number of aromatic amines is 1. The number of H-pyrrole nitrogens is 1. The Hall–Kier alpha value is -3.29. The molecule has 0 saturated heterocycles. The van der Waals surface area contributed by atoms with E-state index in [0.717, 1.165) is 42.4 Å². The Labute approximate surface area is 183 Å². The number of aryl methyl sites for hydroxylation is 1. The first-order chi connectivity index (χ1) is 15.5. The van der Waals surface area contributed by atoms with E-state index in [1.54, 1.807) is 6.20 Å². The van der Waals surface area contributed by atoms with Crippen LogP contribution in [0.4, 0.5) is 4.39 Å². The summed E-state index contributed by atoms with van der Waals surface area (Å²) in [5, 5.41) is 10.6. The number of aromatic nitrogens is 5. The van der Waals surface area contributed by atoms with Crippen molar-refractivity contribution in [1.29, 1.82) is 0 Å². The predicted octanol–water partition coefficient (Wildman–Crippen LogP) is 4.33. The molecule has 3 saturated carbocycles. The monoisotopic (exact) mass is 433 g/mol. The fraction of sp³-hybridized carbons (Fsp3) is 0.417. The van der Waals surface area contributed by atoms with Crippen molar-refractivity contribution in [2.24, 2.45) is 30.7 Å². The highest BCUT2D eigenvalue weighted by Crippen LogP contribution is 2.50. The Morgan fingerprint density at radius 2 is 2.03 bits per heavy atom. The number of nitrogens with zero attached hydrogens (tertiary/aromatic N) is 4. The van der Waals surface area contributed by atoms with Crippen molar-refractivity contribution in [3.63, 3.8) is 0 Å². The van der Waals surface area contributed by atoms with E-state index in [-0.39, 0.29) is 17.8 Å². The van der Waals surface area contributed by atoms with E-state index in [9.17, 15) is 14.3 Å². The fourth-order valence-corrected chi connectivity index (χ4v) is 6.18. The summed E-state index contributed by atoms with van der Waals surface area (Å²) in [4.78, 5) is 29.0. The zero-order valence-electron chi connectivity index (χ0n) is 17.8. The normalized spacial score (nSPS) is 25.1. The van der Waals surface area contributed by atoms with Crippen LogP contribution in [0.25, 0.3) is 33.5 Å². The molecule has 164 valence electrons. The minimum atomic E-state index is -0.681. The molecule has 2 atom stereocenters. The Morgan fingerprint density at radius 1 is 1.25 bits per heavy atom. The maximum absolute atomic E-state index is 13.9. The first-order valence-corrected chi connectivity index (χ1v) is 11.2. The van der Waals surface area contributed by atoms with Crippen molar-refractivity contribution >= 4 is 28.0 Å². The molecule has 2 bridgehead atoms. The molecular weight excluding hydrogens is 409 g/mol. The van der Waals surface area contributed by atoms with Crippen LogP contribution in [-0.2, 0) is 18.3 Å². The van der Waals surface area contributed by atoms with Gasteiger partial charge in [-0.1, -0.05) is 0 Å². The lowest BCUT2D eigenvalue weighted by molar-refractivity contribution is -0.152. The molecule has 0 aliphatic heterocycles. The summed E-state index contributed by atoms with van der Waals surface area (Å²) >= 11 is 0. The second-order valence-electron chi connectivity index (χ2n) is 9.31. The third-order valence-corrected chi connectivity index (χ3v) is 7.64. The first-order valence-electron chi connectivity index (χ1n) is 11.2. The number of hydrogen-bond donors (Lipinski definition) is 2. The van der Waals surface area contributed by atoms with Crippen LogP contribution in [0, 0.1) is 29.5 Å². The lowest BCUT2D eigenvalue weighted by atomic mass is 9.57. The molecule has 4 aromatic heterocycles. The number of carboxylic acid groups (broad SMARTS) is 1. The van der Waals surface area contributed by atoms with Gasteiger partial charge in [0.15, 0.2) is 5.82 Å². The van der Waals surface area contributed by atoms with E-state index in [4.69, 9.17) is 9.97 Å². The smallest absolute Gasteiger partial charge is 0.307 e. The second-order valence-corrected chi connectivity index (χ2v) is 9.31. The number of halogens is 1. The van der Waals surface area contributed by atoms with Gasteiger partial charge in [-0.15, -0.1) is 0 Å². The number of hydrogen-bond acceptors (Lipinski definition) is 4. The average molecular weight is 433 g/mol. The lowest BCUT2D eigenvalue weighted by Gasteiger charge is -2.46. The molecule has 32 heavy (non-hydrogen) atoms. The molecule has 4 aromatic rings. The number of nitrogens with one attached hydrogen (secondary N) is 1. The van der Waals surface area contributed by atoms with E-state index in [1.165, 1.54) is 12.3 Å². The van der Waals surface area contributed by atoms with Gasteiger partial charge in [-0.3, -0.25) is 4.79 Å². The Balaban J connectivity index is 1.48. The van der Waals surface area contributed by atoms with Crippen LogP contribution in [0.15, 0.2) is 30.7 Å². The Bertz CT molecular complexity index is 1350. The molecule has 7 nitrogen and oxygen atoms in total. The molecule has 3 aliphatic carbocycles. The van der Waals surface area contributed by atoms with E-state index in [2.05, 4.69) is 9.97 Å². The summed E-state index contributed by atoms with van der Waals surface area (Å²) in [7, 11) is 1.96. The van der Waals surface area contributed by atoms with Gasteiger partial charge in [0, 0.05) is 30.4 Å². The van der Waals surface area contributed by atoms with Gasteiger partial charge in [0.2, 0.25) is 0 Å². The molecule has 0 spiro atoms. The van der Waals surface area contributed by atoms with E-state index in [0.29, 0.717) is 34.8 Å². The van der Waals surface area contributed by atoms with Crippen molar-refractivity contribution in [3.8, 4) is 11.4 Å². The van der Waals surface area contributed by atoms with Crippen molar-refractivity contribution in [2.75, 3.05) is 0 Å². The van der Waals surface area contributed by atoms with Crippen LogP contribution in [-0.4, -0.2) is 35.6 Å². The molecule has 2 N–H and O–H groups in total. The minimum Gasteiger partial charge on any atom is -0.481 e. The fourth-order valence-electron chi connectivity index (χ4n) is 6.18. The SMILES string of the molecule is Cn1ccc2nc(-c3c[nH]c4ncc(F)cc34)nc(CC3C4CCC(CC4)C3C(=O)O)c21. The van der Waals surface area contributed by atoms with Gasteiger partial charge in [-0.25, -0.2) is 19.3 Å². The summed E-state index contributed by atoms with van der Waals surface area (Å²) in [6, 6.07) is 3.38. The predicted molar refractivity (Wildman–Crippen MR) is 117 cm³/mol. The highest BCUT2D eigenvalue weighted by Gasteiger charge is 2.47. The number of carboxylic acids is 1. The van der Waals surface area contributed by atoms with E-state index >= 15 is 0 Å². The van der Waals surface area contributed by atoms with Crippen molar-refractivity contribution < 1.29 is 14.3 Å². The van der Waals surface area contributed by atoms with Crippen LogP contribution in [0.1, 0.15) is 31.4 Å². The molecule has 0 amide bonds. The van der Waals surface area contributed by atoms with Crippen LogP contribution in [0.3, 0.4) is 0 Å². The molecule has 4 heterocycles. The zero-order chi connectivity index (χ0) is 22.0. The summed E-state index contributed by atoms with van der Waals surface area (Å²) in [6.45, 7) is 0.